The van der Waals surface area contributed by atoms with E-state index < -0.39 is 0 Å². The zero-order chi connectivity index (χ0) is 14.7. The van der Waals surface area contributed by atoms with Crippen molar-refractivity contribution < 1.29 is 0 Å². The average Bonchev–Trinajstić information content (AvgIpc) is 2.36. The third-order valence-electron chi connectivity index (χ3n) is 3.00. The molecule has 0 aliphatic rings. The topological polar surface area (TPSA) is 50.9 Å². The second kappa shape index (κ2) is 6.33. The molecule has 2 rings (SSSR count). The van der Waals surface area contributed by atoms with Crippen molar-refractivity contribution >= 4 is 38.8 Å². The van der Waals surface area contributed by atoms with Crippen LogP contribution >= 0.6 is 28.1 Å². The molecule has 0 unspecified atom stereocenters. The summed E-state index contributed by atoms with van der Waals surface area (Å²) in [6, 6.07) is 10.1. The predicted octanol–water partition coefficient (Wildman–Crippen LogP) is 3.71. The summed E-state index contributed by atoms with van der Waals surface area (Å²) < 4.78 is 1.08. The molecule has 5 heteroatoms. The third-order valence-corrected chi connectivity index (χ3v) is 3.98. The largest absolute Gasteiger partial charge is 0.389 e. The summed E-state index contributed by atoms with van der Waals surface area (Å²) in [6.07, 6.45) is 0. The van der Waals surface area contributed by atoms with Crippen LogP contribution in [-0.2, 0) is 6.54 Å². The lowest BCUT2D eigenvalue weighted by atomic mass is 10.1. The number of anilines is 1. The van der Waals surface area contributed by atoms with E-state index in [2.05, 4.69) is 32.3 Å². The Bertz CT molecular complexity index is 656. The standard InChI is InChI=1S/C15H16BrN3S/c1-9-7-13(14(15(17)20)10(2)19-9)18-8-11-5-3-4-6-12(11)16/h3-7H,8H2,1-2H3,(H2,17,20)(H,18,19). The van der Waals surface area contributed by atoms with Gasteiger partial charge in [-0.2, -0.15) is 0 Å². The maximum Gasteiger partial charge on any atom is 0.107 e. The van der Waals surface area contributed by atoms with Gasteiger partial charge in [0.2, 0.25) is 0 Å². The molecule has 0 bridgehead atoms. The molecule has 0 radical (unpaired) electrons. The Hall–Kier alpha value is -1.46. The smallest absolute Gasteiger partial charge is 0.107 e. The van der Waals surface area contributed by atoms with Crippen LogP contribution in [0.15, 0.2) is 34.8 Å². The lowest BCUT2D eigenvalue weighted by Gasteiger charge is -2.15. The summed E-state index contributed by atoms with van der Waals surface area (Å²) in [6.45, 7) is 4.57. The van der Waals surface area contributed by atoms with Gasteiger partial charge in [0.1, 0.15) is 4.99 Å². The van der Waals surface area contributed by atoms with Gasteiger partial charge in [0.25, 0.3) is 0 Å². The van der Waals surface area contributed by atoms with Crippen LogP contribution in [0.25, 0.3) is 0 Å². The number of halogens is 1. The second-order valence-electron chi connectivity index (χ2n) is 4.58. The zero-order valence-corrected chi connectivity index (χ0v) is 13.8. The number of nitrogens with zero attached hydrogens (tertiary/aromatic N) is 1. The Morgan fingerprint density at radius 3 is 2.70 bits per heavy atom. The van der Waals surface area contributed by atoms with Crippen molar-refractivity contribution in [3.63, 3.8) is 0 Å². The van der Waals surface area contributed by atoms with Gasteiger partial charge in [-0.15, -0.1) is 0 Å². The first-order valence-corrected chi connectivity index (χ1v) is 7.44. The monoisotopic (exact) mass is 349 g/mol. The van der Waals surface area contributed by atoms with Gasteiger partial charge in [0.15, 0.2) is 0 Å². The van der Waals surface area contributed by atoms with Gasteiger partial charge >= 0.3 is 0 Å². The SMILES string of the molecule is Cc1cc(NCc2ccccc2Br)c(C(N)=S)c(C)n1. The summed E-state index contributed by atoms with van der Waals surface area (Å²) in [5, 5.41) is 3.40. The molecule has 0 saturated heterocycles. The summed E-state index contributed by atoms with van der Waals surface area (Å²) in [5.41, 5.74) is 10.5. The quantitative estimate of drug-likeness (QED) is 0.826. The van der Waals surface area contributed by atoms with E-state index in [1.807, 2.05) is 38.1 Å². The molecule has 0 aliphatic carbocycles. The number of rotatable bonds is 4. The molecule has 1 aromatic carbocycles. The van der Waals surface area contributed by atoms with Crippen LogP contribution in [0.2, 0.25) is 0 Å². The molecular formula is C15H16BrN3S. The Morgan fingerprint density at radius 2 is 2.05 bits per heavy atom. The Morgan fingerprint density at radius 1 is 1.35 bits per heavy atom. The molecule has 0 atom stereocenters. The van der Waals surface area contributed by atoms with E-state index in [-0.39, 0.29) is 0 Å². The number of nitrogens with two attached hydrogens (primary N) is 1. The number of aromatic nitrogens is 1. The van der Waals surface area contributed by atoms with E-state index in [1.54, 1.807) is 0 Å². The molecule has 2 aromatic rings. The van der Waals surface area contributed by atoms with Gasteiger partial charge in [0.05, 0.1) is 5.56 Å². The van der Waals surface area contributed by atoms with Crippen molar-refractivity contribution in [2.24, 2.45) is 5.73 Å². The van der Waals surface area contributed by atoms with Crippen LogP contribution in [0.5, 0.6) is 0 Å². The average molecular weight is 350 g/mol. The molecule has 0 aliphatic heterocycles. The van der Waals surface area contributed by atoms with Crippen molar-refractivity contribution in [2.45, 2.75) is 20.4 Å². The number of pyridine rings is 1. The van der Waals surface area contributed by atoms with Gasteiger partial charge in [-0.1, -0.05) is 46.3 Å². The van der Waals surface area contributed by atoms with Crippen molar-refractivity contribution in [3.8, 4) is 0 Å². The first-order valence-electron chi connectivity index (χ1n) is 6.24. The van der Waals surface area contributed by atoms with E-state index in [9.17, 15) is 0 Å². The third kappa shape index (κ3) is 3.35. The van der Waals surface area contributed by atoms with Crippen molar-refractivity contribution in [1.82, 2.24) is 4.98 Å². The maximum atomic E-state index is 5.81. The highest BCUT2D eigenvalue weighted by atomic mass is 79.9. The minimum atomic E-state index is 0.365. The number of nitrogens with one attached hydrogen (secondary N) is 1. The van der Waals surface area contributed by atoms with Crippen molar-refractivity contribution in [2.75, 3.05) is 5.32 Å². The molecule has 104 valence electrons. The lowest BCUT2D eigenvalue weighted by Crippen LogP contribution is -2.16. The highest BCUT2D eigenvalue weighted by Crippen LogP contribution is 2.22. The zero-order valence-electron chi connectivity index (χ0n) is 11.4. The molecule has 1 aromatic heterocycles. The molecule has 3 N–H and O–H groups in total. The van der Waals surface area contributed by atoms with Gasteiger partial charge < -0.3 is 11.1 Å². The molecule has 0 spiro atoms. The summed E-state index contributed by atoms with van der Waals surface area (Å²) in [7, 11) is 0. The normalized spacial score (nSPS) is 10.3. The molecule has 20 heavy (non-hydrogen) atoms. The number of thiocarbonyl (C=S) groups is 1. The highest BCUT2D eigenvalue weighted by Gasteiger charge is 2.11. The molecular weight excluding hydrogens is 334 g/mol. The highest BCUT2D eigenvalue weighted by molar-refractivity contribution is 9.10. The van der Waals surface area contributed by atoms with Gasteiger partial charge in [-0.25, -0.2) is 0 Å². The van der Waals surface area contributed by atoms with Gasteiger partial charge in [0, 0.05) is 28.1 Å². The minimum absolute atomic E-state index is 0.365. The number of hydrogen-bond donors (Lipinski definition) is 2. The Balaban J connectivity index is 2.30. The van der Waals surface area contributed by atoms with Crippen molar-refractivity contribution in [1.29, 1.82) is 0 Å². The van der Waals surface area contributed by atoms with Crippen LogP contribution < -0.4 is 11.1 Å². The Kier molecular flexibility index (Phi) is 4.73. The number of aryl methyl sites for hydroxylation is 2. The van der Waals surface area contributed by atoms with Crippen LogP contribution in [0.3, 0.4) is 0 Å². The van der Waals surface area contributed by atoms with Crippen LogP contribution in [0, 0.1) is 13.8 Å². The first-order chi connectivity index (χ1) is 9.49. The minimum Gasteiger partial charge on any atom is -0.389 e. The van der Waals surface area contributed by atoms with Gasteiger partial charge in [-0.3, -0.25) is 4.98 Å². The van der Waals surface area contributed by atoms with Crippen molar-refractivity contribution in [3.05, 3.63) is 57.3 Å². The van der Waals surface area contributed by atoms with E-state index >= 15 is 0 Å². The van der Waals surface area contributed by atoms with Crippen LogP contribution in [-0.4, -0.2) is 9.97 Å². The fraction of sp³-hybridized carbons (Fsp3) is 0.200. The molecule has 0 amide bonds. The molecule has 3 nitrogen and oxygen atoms in total. The summed E-state index contributed by atoms with van der Waals surface area (Å²) in [4.78, 5) is 4.78. The maximum absolute atomic E-state index is 5.81. The van der Waals surface area contributed by atoms with E-state index in [0.29, 0.717) is 11.5 Å². The van der Waals surface area contributed by atoms with Crippen LogP contribution in [0.4, 0.5) is 5.69 Å². The Labute approximate surface area is 132 Å². The molecule has 0 fully saturated rings. The lowest BCUT2D eigenvalue weighted by molar-refractivity contribution is 1.08. The number of hydrogen-bond acceptors (Lipinski definition) is 3. The van der Waals surface area contributed by atoms with Crippen LogP contribution in [0.1, 0.15) is 22.5 Å². The summed E-state index contributed by atoms with van der Waals surface area (Å²) in [5.74, 6) is 0. The fourth-order valence-corrected chi connectivity index (χ4v) is 2.79. The fourth-order valence-electron chi connectivity index (χ4n) is 2.11. The van der Waals surface area contributed by atoms with E-state index in [1.165, 1.54) is 5.56 Å². The molecule has 0 saturated carbocycles. The first kappa shape index (κ1) is 14.9. The predicted molar refractivity (Wildman–Crippen MR) is 91.1 cm³/mol. The molecule has 1 heterocycles. The van der Waals surface area contributed by atoms with Gasteiger partial charge in [-0.05, 0) is 31.5 Å². The second-order valence-corrected chi connectivity index (χ2v) is 5.87. The van der Waals surface area contributed by atoms with E-state index in [4.69, 9.17) is 18.0 Å². The summed E-state index contributed by atoms with van der Waals surface area (Å²) >= 11 is 8.67. The van der Waals surface area contributed by atoms with E-state index in [0.717, 1.165) is 27.1 Å². The number of benzene rings is 1.